The number of nitrogens with zero attached hydrogens (tertiary/aromatic N) is 5. The lowest BCUT2D eigenvalue weighted by molar-refractivity contribution is 0.00578. The van der Waals surface area contributed by atoms with E-state index in [2.05, 4.69) is 14.9 Å². The summed E-state index contributed by atoms with van der Waals surface area (Å²) < 4.78 is 21.3. The number of benzene rings is 2. The molecule has 3 fully saturated rings. The van der Waals surface area contributed by atoms with Crippen molar-refractivity contribution in [1.29, 1.82) is 0 Å². The summed E-state index contributed by atoms with van der Waals surface area (Å²) in [5, 5.41) is 0. The standard InChI is InChI=1S/C25H28N4O2.C17H20BNO3/c30-24-7-3-4-14-29(24)22-10-8-19(9-11-22)20-17-26-25(27-18-20)31-23-12-15-28(16-13-23)21-5-1-2-6-21;1-16(2)17(3,4)22-18(21-16)13-8-10-14(11-9-13)19-12-6-5-7-15(19)20/h3-4,7-11,14,17-18,21,23H,1-2,5-6,12-13,15-16H2;5-12H,1-4H3. The SMILES string of the molecule is CC1(C)OB(c2ccc(-n3ccccc3=O)cc2)OC1(C)C.O=c1ccccn1-c1ccc(-c2cnc(OC3CCN(C4CCCC4)CC3)nc2)cc1. The Hall–Kier alpha value is -4.84. The van der Waals surface area contributed by atoms with Crippen LogP contribution in [0.4, 0.5) is 0 Å². The maximum atomic E-state index is 12.0. The molecular formula is C42H48BN5O5. The van der Waals surface area contributed by atoms with Crippen molar-refractivity contribution in [1.82, 2.24) is 24.0 Å². The summed E-state index contributed by atoms with van der Waals surface area (Å²) in [6.45, 7) is 10.4. The van der Waals surface area contributed by atoms with Crippen LogP contribution in [0.25, 0.3) is 22.5 Å². The maximum absolute atomic E-state index is 12.0. The molecule has 11 heteroatoms. The van der Waals surface area contributed by atoms with E-state index < -0.39 is 0 Å². The van der Waals surface area contributed by atoms with Crippen molar-refractivity contribution < 1.29 is 14.0 Å². The van der Waals surface area contributed by atoms with Crippen LogP contribution in [-0.2, 0) is 9.31 Å². The van der Waals surface area contributed by atoms with Gasteiger partial charge in [-0.2, -0.15) is 0 Å². The lowest BCUT2D eigenvalue weighted by Crippen LogP contribution is -2.43. The quantitative estimate of drug-likeness (QED) is 0.184. The number of hydrogen-bond donors (Lipinski definition) is 0. The van der Waals surface area contributed by atoms with Crippen molar-refractivity contribution in [3.8, 4) is 28.5 Å². The third-order valence-electron chi connectivity index (χ3n) is 11.0. The molecule has 0 unspecified atom stereocenters. The predicted molar refractivity (Wildman–Crippen MR) is 208 cm³/mol. The minimum absolute atomic E-state index is 0.0471. The van der Waals surface area contributed by atoms with E-state index in [1.807, 2.05) is 88.4 Å². The van der Waals surface area contributed by atoms with Crippen LogP contribution < -0.4 is 21.3 Å². The van der Waals surface area contributed by atoms with Gasteiger partial charge < -0.3 is 18.9 Å². The van der Waals surface area contributed by atoms with Gasteiger partial charge in [0.25, 0.3) is 11.1 Å². The van der Waals surface area contributed by atoms with Crippen LogP contribution in [0.1, 0.15) is 66.2 Å². The molecule has 53 heavy (non-hydrogen) atoms. The number of rotatable bonds is 7. The number of aromatic nitrogens is 4. The average Bonchev–Trinajstić information content (AvgIpc) is 3.79. The molecule has 8 rings (SSSR count). The fourth-order valence-corrected chi connectivity index (χ4v) is 7.17. The Bertz CT molecular complexity index is 2070. The summed E-state index contributed by atoms with van der Waals surface area (Å²) >= 11 is 0. The summed E-state index contributed by atoms with van der Waals surface area (Å²) in [5.74, 6) is 0. The first kappa shape index (κ1) is 36.5. The Kier molecular flexibility index (Phi) is 10.8. The van der Waals surface area contributed by atoms with Gasteiger partial charge in [-0.1, -0.05) is 49.2 Å². The fourth-order valence-electron chi connectivity index (χ4n) is 7.17. The molecule has 2 saturated heterocycles. The first-order chi connectivity index (χ1) is 25.6. The molecule has 5 aromatic rings. The van der Waals surface area contributed by atoms with Gasteiger partial charge in [0.05, 0.1) is 11.2 Å². The predicted octanol–water partition coefficient (Wildman–Crippen LogP) is 6.22. The van der Waals surface area contributed by atoms with Crippen LogP contribution in [0.5, 0.6) is 6.01 Å². The van der Waals surface area contributed by atoms with E-state index in [0.717, 1.165) is 59.9 Å². The Morgan fingerprint density at radius 1 is 0.660 bits per heavy atom. The largest absolute Gasteiger partial charge is 0.494 e. The summed E-state index contributed by atoms with van der Waals surface area (Å²) in [6.07, 6.45) is 14.9. The average molecular weight is 714 g/mol. The molecule has 2 aliphatic heterocycles. The van der Waals surface area contributed by atoms with E-state index in [1.54, 1.807) is 58.2 Å². The highest BCUT2D eigenvalue weighted by atomic mass is 16.7. The first-order valence-electron chi connectivity index (χ1n) is 18.7. The van der Waals surface area contributed by atoms with E-state index in [-0.39, 0.29) is 35.5 Å². The molecule has 0 atom stereocenters. The monoisotopic (exact) mass is 713 g/mol. The molecule has 0 spiro atoms. The number of likely N-dealkylation sites (tertiary alicyclic amines) is 1. The Morgan fingerprint density at radius 2 is 1.17 bits per heavy atom. The van der Waals surface area contributed by atoms with Gasteiger partial charge in [-0.25, -0.2) is 9.97 Å². The van der Waals surface area contributed by atoms with Crippen molar-refractivity contribution in [2.75, 3.05) is 13.1 Å². The smallest absolute Gasteiger partial charge is 0.460 e. The topological polar surface area (TPSA) is 101 Å². The minimum atomic E-state index is -0.383. The number of ether oxygens (including phenoxy) is 1. The second kappa shape index (κ2) is 15.6. The van der Waals surface area contributed by atoms with Crippen molar-refractivity contribution in [2.45, 2.75) is 89.6 Å². The van der Waals surface area contributed by atoms with Gasteiger partial charge in [0.1, 0.15) is 6.10 Å². The van der Waals surface area contributed by atoms with Crippen molar-refractivity contribution in [2.24, 2.45) is 0 Å². The van der Waals surface area contributed by atoms with Crippen molar-refractivity contribution >= 4 is 12.6 Å². The van der Waals surface area contributed by atoms with E-state index in [1.165, 1.54) is 25.7 Å². The summed E-state index contributed by atoms with van der Waals surface area (Å²) in [6, 6.07) is 27.0. The van der Waals surface area contributed by atoms with Gasteiger partial charge in [0.15, 0.2) is 0 Å². The maximum Gasteiger partial charge on any atom is 0.494 e. The third kappa shape index (κ3) is 8.38. The zero-order chi connectivity index (χ0) is 37.0. The van der Waals surface area contributed by atoms with Gasteiger partial charge >= 0.3 is 13.1 Å². The van der Waals surface area contributed by atoms with Gasteiger partial charge in [-0.15, -0.1) is 0 Å². The van der Waals surface area contributed by atoms with Gasteiger partial charge in [0.2, 0.25) is 0 Å². The fraction of sp³-hybridized carbons (Fsp3) is 0.381. The highest BCUT2D eigenvalue weighted by Crippen LogP contribution is 2.36. The first-order valence-corrected chi connectivity index (χ1v) is 18.7. The lowest BCUT2D eigenvalue weighted by Gasteiger charge is -2.35. The molecule has 1 aliphatic carbocycles. The Balaban J connectivity index is 0.000000174. The van der Waals surface area contributed by atoms with E-state index in [4.69, 9.17) is 14.0 Å². The molecule has 3 aliphatic rings. The highest BCUT2D eigenvalue weighted by molar-refractivity contribution is 6.62. The number of pyridine rings is 2. The summed E-state index contributed by atoms with van der Waals surface area (Å²) in [5.41, 5.74) is 3.73. The van der Waals surface area contributed by atoms with Crippen LogP contribution in [-0.4, -0.2) is 67.6 Å². The van der Waals surface area contributed by atoms with E-state index in [0.29, 0.717) is 6.01 Å². The molecule has 0 radical (unpaired) electrons. The molecule has 0 N–H and O–H groups in total. The molecule has 0 amide bonds. The van der Waals surface area contributed by atoms with Crippen LogP contribution in [0, 0.1) is 0 Å². The Labute approximate surface area is 311 Å². The number of hydrogen-bond acceptors (Lipinski definition) is 8. The van der Waals surface area contributed by atoms with E-state index in [9.17, 15) is 9.59 Å². The van der Waals surface area contributed by atoms with Gasteiger partial charge in [-0.05, 0) is 101 Å². The highest BCUT2D eigenvalue weighted by Gasteiger charge is 2.51. The van der Waals surface area contributed by atoms with Crippen molar-refractivity contribution in [3.05, 3.63) is 130 Å². The lowest BCUT2D eigenvalue weighted by atomic mass is 9.79. The second-order valence-corrected chi connectivity index (χ2v) is 15.1. The van der Waals surface area contributed by atoms with Crippen LogP contribution >= 0.6 is 0 Å². The second-order valence-electron chi connectivity index (χ2n) is 15.1. The zero-order valence-corrected chi connectivity index (χ0v) is 31.1. The molecular weight excluding hydrogens is 665 g/mol. The molecule has 2 aromatic carbocycles. The molecule has 5 heterocycles. The third-order valence-corrected chi connectivity index (χ3v) is 11.0. The summed E-state index contributed by atoms with van der Waals surface area (Å²) in [7, 11) is -0.383. The van der Waals surface area contributed by atoms with Gasteiger partial charge in [-0.3, -0.25) is 18.7 Å². The molecule has 1 saturated carbocycles. The molecule has 3 aromatic heterocycles. The van der Waals surface area contributed by atoms with E-state index >= 15 is 0 Å². The molecule has 0 bridgehead atoms. The summed E-state index contributed by atoms with van der Waals surface area (Å²) in [4.78, 5) is 35.4. The molecule has 10 nitrogen and oxygen atoms in total. The molecule has 274 valence electrons. The zero-order valence-electron chi connectivity index (χ0n) is 31.1. The Morgan fingerprint density at radius 3 is 1.68 bits per heavy atom. The van der Waals surface area contributed by atoms with Crippen LogP contribution in [0.15, 0.2) is 119 Å². The van der Waals surface area contributed by atoms with Crippen molar-refractivity contribution in [3.63, 3.8) is 0 Å². The number of piperidine rings is 1. The minimum Gasteiger partial charge on any atom is -0.460 e. The van der Waals surface area contributed by atoms with Crippen LogP contribution in [0.2, 0.25) is 0 Å². The van der Waals surface area contributed by atoms with Gasteiger partial charge in [0, 0.05) is 73.0 Å². The van der Waals surface area contributed by atoms with Crippen LogP contribution in [0.3, 0.4) is 0 Å². The normalized spacial score (nSPS) is 18.8.